The van der Waals surface area contributed by atoms with Gasteiger partial charge in [-0.1, -0.05) is 25.5 Å². The van der Waals surface area contributed by atoms with Crippen molar-refractivity contribution in [1.82, 2.24) is 0 Å². The monoisotopic (exact) mass is 434 g/mol. The lowest BCUT2D eigenvalue weighted by molar-refractivity contribution is -0.148. The average Bonchev–Trinajstić information content (AvgIpc) is 2.90. The number of carbonyl (C=O) groups excluding carboxylic acids is 2. The number of fused-ring (bicyclic) bond motifs is 5. The van der Waals surface area contributed by atoms with Gasteiger partial charge in [0.05, 0.1) is 0 Å². The molecule has 1 aliphatic heterocycles. The summed E-state index contributed by atoms with van der Waals surface area (Å²) in [6, 6.07) is 0. The van der Waals surface area contributed by atoms with Crippen LogP contribution in [0.5, 0.6) is 0 Å². The van der Waals surface area contributed by atoms with E-state index in [1.807, 2.05) is 23.5 Å². The lowest BCUT2D eigenvalue weighted by Gasteiger charge is -2.56. The van der Waals surface area contributed by atoms with Gasteiger partial charge in [0.1, 0.15) is 10.2 Å². The van der Waals surface area contributed by atoms with Crippen LogP contribution >= 0.6 is 23.5 Å². The molecule has 6 unspecified atom stereocenters. The fourth-order valence-corrected chi connectivity index (χ4v) is 11.2. The zero-order valence-corrected chi connectivity index (χ0v) is 19.6. The van der Waals surface area contributed by atoms with E-state index in [0.717, 1.165) is 50.0 Å². The Morgan fingerprint density at radius 3 is 2.55 bits per heavy atom. The van der Waals surface area contributed by atoms with Crippen LogP contribution < -0.4 is 0 Å². The molecule has 29 heavy (non-hydrogen) atoms. The van der Waals surface area contributed by atoms with Gasteiger partial charge in [0.15, 0.2) is 5.78 Å². The molecule has 1 saturated heterocycles. The van der Waals surface area contributed by atoms with Crippen LogP contribution in [0.2, 0.25) is 0 Å². The second-order valence-corrected chi connectivity index (χ2v) is 13.6. The van der Waals surface area contributed by atoms with E-state index in [9.17, 15) is 9.59 Å². The van der Waals surface area contributed by atoms with Gasteiger partial charge in [-0.05, 0) is 79.6 Å². The van der Waals surface area contributed by atoms with Gasteiger partial charge in [-0.2, -0.15) is 0 Å². The van der Waals surface area contributed by atoms with Gasteiger partial charge in [-0.25, -0.2) is 0 Å². The highest BCUT2D eigenvalue weighted by molar-refractivity contribution is 8.20. The van der Waals surface area contributed by atoms with E-state index in [4.69, 9.17) is 4.74 Å². The number of carbonyl (C=O) groups is 2. The van der Waals surface area contributed by atoms with Crippen LogP contribution in [0.3, 0.4) is 0 Å². The summed E-state index contributed by atoms with van der Waals surface area (Å²) >= 11 is 3.93. The van der Waals surface area contributed by atoms with Crippen LogP contribution in [0.4, 0.5) is 0 Å². The van der Waals surface area contributed by atoms with Crippen LogP contribution in [-0.4, -0.2) is 33.4 Å². The standard InChI is InChI=1S/C24H34O3S2/c1-15(25)27-17-7-9-22(2)16(13-17)5-6-18-19(22)8-10-23(3)20(18)14-24(21(23)26)28-11-4-12-29-24/h5,17-20H,4,6-14H2,1-3H3. The minimum Gasteiger partial charge on any atom is -0.462 e. The first-order valence-corrected chi connectivity index (χ1v) is 13.5. The molecule has 6 atom stereocenters. The van der Waals surface area contributed by atoms with Crippen LogP contribution in [0, 0.1) is 28.6 Å². The van der Waals surface area contributed by atoms with Gasteiger partial charge in [0, 0.05) is 18.8 Å². The van der Waals surface area contributed by atoms with Crippen LogP contribution in [-0.2, 0) is 14.3 Å². The van der Waals surface area contributed by atoms with Crippen molar-refractivity contribution in [3.05, 3.63) is 11.6 Å². The highest BCUT2D eigenvalue weighted by Crippen LogP contribution is 2.69. The number of rotatable bonds is 1. The highest BCUT2D eigenvalue weighted by Gasteiger charge is 2.66. The van der Waals surface area contributed by atoms with E-state index in [-0.39, 0.29) is 27.0 Å². The highest BCUT2D eigenvalue weighted by atomic mass is 32.2. The van der Waals surface area contributed by atoms with E-state index in [2.05, 4.69) is 19.9 Å². The van der Waals surface area contributed by atoms with Crippen molar-refractivity contribution < 1.29 is 14.3 Å². The molecule has 0 bridgehead atoms. The Morgan fingerprint density at radius 2 is 1.83 bits per heavy atom. The third kappa shape index (κ3) is 3.00. The van der Waals surface area contributed by atoms with Crippen LogP contribution in [0.15, 0.2) is 11.6 Å². The maximum absolute atomic E-state index is 13.7. The molecular formula is C24H34O3S2. The largest absolute Gasteiger partial charge is 0.462 e. The molecule has 0 aromatic heterocycles. The summed E-state index contributed by atoms with van der Waals surface area (Å²) in [6.07, 6.45) is 11.2. The molecule has 0 N–H and O–H groups in total. The molecule has 4 fully saturated rings. The predicted octanol–water partition coefficient (Wildman–Crippen LogP) is 5.63. The Morgan fingerprint density at radius 1 is 1.10 bits per heavy atom. The first-order valence-electron chi connectivity index (χ1n) is 11.5. The molecule has 0 amide bonds. The molecule has 5 rings (SSSR count). The molecule has 5 aliphatic rings. The van der Waals surface area contributed by atoms with Crippen molar-refractivity contribution in [1.29, 1.82) is 0 Å². The van der Waals surface area contributed by atoms with Gasteiger partial charge < -0.3 is 4.74 Å². The summed E-state index contributed by atoms with van der Waals surface area (Å²) in [5.74, 6) is 4.57. The van der Waals surface area contributed by atoms with Crippen molar-refractivity contribution in [3.8, 4) is 0 Å². The first-order chi connectivity index (χ1) is 13.8. The van der Waals surface area contributed by atoms with Gasteiger partial charge in [0.2, 0.25) is 0 Å². The molecule has 3 saturated carbocycles. The zero-order valence-electron chi connectivity index (χ0n) is 18.0. The molecule has 160 valence electrons. The molecule has 0 aromatic carbocycles. The van der Waals surface area contributed by atoms with Gasteiger partial charge >= 0.3 is 5.97 Å². The van der Waals surface area contributed by atoms with Gasteiger partial charge in [0.25, 0.3) is 0 Å². The number of hydrogen-bond donors (Lipinski definition) is 0. The maximum atomic E-state index is 13.7. The number of ketones is 1. The molecule has 4 aliphatic carbocycles. The van der Waals surface area contributed by atoms with E-state index >= 15 is 0 Å². The van der Waals surface area contributed by atoms with E-state index in [1.165, 1.54) is 25.3 Å². The molecule has 1 heterocycles. The number of esters is 1. The normalized spacial score (nSPS) is 45.8. The SMILES string of the molecule is CC(=O)OC1CCC2(C)C(=CCC3C4CC5(SCCCS5)C(=O)C4(C)CCC32)C1. The lowest BCUT2D eigenvalue weighted by Crippen LogP contribution is -2.50. The number of allylic oxidation sites excluding steroid dienone is 1. The third-order valence-corrected chi connectivity index (χ3v) is 12.4. The molecule has 0 radical (unpaired) electrons. The second kappa shape index (κ2) is 7.05. The van der Waals surface area contributed by atoms with Crippen molar-refractivity contribution in [3.63, 3.8) is 0 Å². The fraction of sp³-hybridized carbons (Fsp3) is 0.833. The fourth-order valence-electron chi connectivity index (χ4n) is 7.58. The Labute approximate surface area is 183 Å². The topological polar surface area (TPSA) is 43.4 Å². The summed E-state index contributed by atoms with van der Waals surface area (Å²) in [6.45, 7) is 6.30. The lowest BCUT2D eigenvalue weighted by atomic mass is 9.48. The molecule has 0 aromatic rings. The minimum absolute atomic E-state index is 0.0589. The first kappa shape index (κ1) is 20.5. The maximum Gasteiger partial charge on any atom is 0.302 e. The third-order valence-electron chi connectivity index (χ3n) is 9.09. The summed E-state index contributed by atoms with van der Waals surface area (Å²) < 4.78 is 5.42. The van der Waals surface area contributed by atoms with Gasteiger partial charge in [-0.15, -0.1) is 23.5 Å². The predicted molar refractivity (Wildman–Crippen MR) is 120 cm³/mol. The Hall–Kier alpha value is -0.420. The number of ether oxygens (including phenoxy) is 1. The number of Topliss-reactive ketones (excluding diaryl/α,β-unsaturated/α-hetero) is 1. The number of hydrogen-bond acceptors (Lipinski definition) is 5. The van der Waals surface area contributed by atoms with Crippen molar-refractivity contribution >= 4 is 35.3 Å². The Bertz CT molecular complexity index is 755. The Balaban J connectivity index is 1.43. The van der Waals surface area contributed by atoms with Crippen LogP contribution in [0.25, 0.3) is 0 Å². The summed E-state index contributed by atoms with van der Waals surface area (Å²) in [7, 11) is 0. The molecular weight excluding hydrogens is 400 g/mol. The molecule has 3 nitrogen and oxygen atoms in total. The molecule has 5 heteroatoms. The summed E-state index contributed by atoms with van der Waals surface area (Å²) in [5.41, 5.74) is 1.64. The summed E-state index contributed by atoms with van der Waals surface area (Å²) in [4.78, 5) is 25.2. The second-order valence-electron chi connectivity index (χ2n) is 10.5. The smallest absolute Gasteiger partial charge is 0.302 e. The van der Waals surface area contributed by atoms with Gasteiger partial charge in [-0.3, -0.25) is 9.59 Å². The minimum atomic E-state index is -0.154. The van der Waals surface area contributed by atoms with E-state index < -0.39 is 0 Å². The quantitative estimate of drug-likeness (QED) is 0.395. The van der Waals surface area contributed by atoms with Crippen molar-refractivity contribution in [2.75, 3.05) is 11.5 Å². The average molecular weight is 435 g/mol. The van der Waals surface area contributed by atoms with E-state index in [0.29, 0.717) is 23.5 Å². The zero-order chi connectivity index (χ0) is 20.4. The Kier molecular flexibility index (Phi) is 4.98. The number of thioether (sulfide) groups is 2. The summed E-state index contributed by atoms with van der Waals surface area (Å²) in [5, 5.41) is 0. The van der Waals surface area contributed by atoms with E-state index in [1.54, 1.807) is 0 Å². The van der Waals surface area contributed by atoms with Crippen molar-refractivity contribution in [2.24, 2.45) is 28.6 Å². The van der Waals surface area contributed by atoms with Crippen LogP contribution in [0.1, 0.15) is 72.1 Å². The molecule has 1 spiro atoms. The van der Waals surface area contributed by atoms with Crippen molar-refractivity contribution in [2.45, 2.75) is 82.3 Å².